The van der Waals surface area contributed by atoms with Crippen LogP contribution in [0.3, 0.4) is 0 Å². The first-order valence-electron chi connectivity index (χ1n) is 16.0. The van der Waals surface area contributed by atoms with Gasteiger partial charge in [-0.1, -0.05) is 84.9 Å². The van der Waals surface area contributed by atoms with Crippen LogP contribution in [0.5, 0.6) is 0 Å². The molecule has 48 heavy (non-hydrogen) atoms. The quantitative estimate of drug-likeness (QED) is 0.189. The van der Waals surface area contributed by atoms with E-state index in [1.807, 2.05) is 47.7 Å². The van der Waals surface area contributed by atoms with Crippen LogP contribution in [-0.2, 0) is 0 Å². The summed E-state index contributed by atoms with van der Waals surface area (Å²) in [5.41, 5.74) is 9.66. The molecule has 0 aliphatic rings. The van der Waals surface area contributed by atoms with Gasteiger partial charge in [0.15, 0.2) is 5.58 Å². The molecule has 5 heteroatoms. The van der Waals surface area contributed by atoms with E-state index in [1.165, 1.54) is 25.7 Å². The molecule has 0 saturated carbocycles. The third-order valence-corrected chi connectivity index (χ3v) is 10.2. The van der Waals surface area contributed by atoms with Crippen LogP contribution in [-0.4, -0.2) is 4.98 Å². The van der Waals surface area contributed by atoms with E-state index >= 15 is 0 Å². The van der Waals surface area contributed by atoms with Crippen molar-refractivity contribution in [3.63, 3.8) is 0 Å². The zero-order valence-corrected chi connectivity index (χ0v) is 26.4. The second-order valence-electron chi connectivity index (χ2n) is 11.9. The minimum absolute atomic E-state index is 0.587. The Morgan fingerprint density at radius 2 is 1.23 bits per heavy atom. The molecule has 7 aromatic carbocycles. The Hall–Kier alpha value is -6.17. The molecule has 3 heterocycles. The fourth-order valence-corrected chi connectivity index (χ4v) is 8.07. The van der Waals surface area contributed by atoms with Crippen LogP contribution in [0.15, 0.2) is 167 Å². The van der Waals surface area contributed by atoms with Crippen LogP contribution in [0.1, 0.15) is 0 Å². The summed E-state index contributed by atoms with van der Waals surface area (Å²) < 4.78 is 15.3. The predicted octanol–water partition coefficient (Wildman–Crippen LogP) is 12.9. The van der Waals surface area contributed by atoms with Crippen LogP contribution >= 0.6 is 11.3 Å². The second kappa shape index (κ2) is 10.7. The van der Waals surface area contributed by atoms with Gasteiger partial charge in [-0.3, -0.25) is 0 Å². The highest BCUT2D eigenvalue weighted by atomic mass is 32.1. The number of oxazole rings is 1. The van der Waals surface area contributed by atoms with Crippen LogP contribution in [0, 0.1) is 0 Å². The summed E-state index contributed by atoms with van der Waals surface area (Å²) in [6.45, 7) is 0. The van der Waals surface area contributed by atoms with E-state index in [9.17, 15) is 0 Å². The number of benzene rings is 7. The van der Waals surface area contributed by atoms with Crippen LogP contribution in [0.25, 0.3) is 75.8 Å². The first kappa shape index (κ1) is 27.0. The molecule has 0 aliphatic carbocycles. The Labute approximate surface area is 279 Å². The highest BCUT2D eigenvalue weighted by Crippen LogP contribution is 2.47. The minimum Gasteiger partial charge on any atom is -0.456 e. The molecule has 3 aromatic heterocycles. The second-order valence-corrected chi connectivity index (χ2v) is 13.0. The molecule has 0 bridgehead atoms. The SMILES string of the molecule is c1ccc(-c2cccc(N(c3ccc4c(c3)oc3cccc(-c5nc6ccccc6o5)c34)c3cccc4sc5ccccc5c34)c2)cc1. The summed E-state index contributed by atoms with van der Waals surface area (Å²) in [5.74, 6) is 0.587. The fraction of sp³-hybridized carbons (Fsp3) is 0. The molecule has 10 rings (SSSR count). The minimum atomic E-state index is 0.587. The van der Waals surface area contributed by atoms with Gasteiger partial charge < -0.3 is 13.7 Å². The molecule has 4 nitrogen and oxygen atoms in total. The summed E-state index contributed by atoms with van der Waals surface area (Å²) in [6.07, 6.45) is 0. The Morgan fingerprint density at radius 1 is 0.479 bits per heavy atom. The molecule has 0 radical (unpaired) electrons. The number of nitrogens with zero attached hydrogens (tertiary/aromatic N) is 2. The molecular weight excluding hydrogens is 609 g/mol. The monoisotopic (exact) mass is 634 g/mol. The molecule has 226 valence electrons. The molecule has 0 N–H and O–H groups in total. The van der Waals surface area contributed by atoms with Gasteiger partial charge in [0.1, 0.15) is 16.7 Å². The number of fused-ring (bicyclic) bond motifs is 7. The van der Waals surface area contributed by atoms with Gasteiger partial charge in [-0.25, -0.2) is 4.98 Å². The summed E-state index contributed by atoms with van der Waals surface area (Å²) >= 11 is 1.83. The van der Waals surface area contributed by atoms with E-state index in [0.29, 0.717) is 5.89 Å². The molecule has 10 aromatic rings. The topological polar surface area (TPSA) is 42.4 Å². The van der Waals surface area contributed by atoms with Crippen molar-refractivity contribution in [3.05, 3.63) is 158 Å². The first-order valence-corrected chi connectivity index (χ1v) is 16.8. The number of furan rings is 1. The molecular formula is C43H26N2O2S. The summed E-state index contributed by atoms with van der Waals surface area (Å²) in [5, 5.41) is 4.51. The first-order chi connectivity index (χ1) is 23.8. The van der Waals surface area contributed by atoms with E-state index < -0.39 is 0 Å². The lowest BCUT2D eigenvalue weighted by molar-refractivity contribution is 0.620. The Kier molecular flexibility index (Phi) is 6.01. The van der Waals surface area contributed by atoms with E-state index in [4.69, 9.17) is 13.8 Å². The number of thiophene rings is 1. The highest BCUT2D eigenvalue weighted by Gasteiger charge is 2.22. The number of aromatic nitrogens is 1. The number of anilines is 3. The molecule has 0 aliphatic heterocycles. The third kappa shape index (κ3) is 4.25. The number of hydrogen-bond donors (Lipinski definition) is 0. The van der Waals surface area contributed by atoms with Crippen molar-refractivity contribution in [1.29, 1.82) is 0 Å². The number of rotatable bonds is 5. The lowest BCUT2D eigenvalue weighted by Crippen LogP contribution is -2.10. The van der Waals surface area contributed by atoms with Crippen molar-refractivity contribution in [3.8, 4) is 22.6 Å². The van der Waals surface area contributed by atoms with E-state index in [2.05, 4.69) is 126 Å². The van der Waals surface area contributed by atoms with Gasteiger partial charge in [0.05, 0.1) is 5.69 Å². The van der Waals surface area contributed by atoms with Crippen LogP contribution < -0.4 is 4.90 Å². The molecule has 0 spiro atoms. The van der Waals surface area contributed by atoms with Crippen molar-refractivity contribution < 1.29 is 8.83 Å². The van der Waals surface area contributed by atoms with Gasteiger partial charge >= 0.3 is 0 Å². The maximum atomic E-state index is 6.59. The molecule has 0 fully saturated rings. The zero-order valence-electron chi connectivity index (χ0n) is 25.6. The number of para-hydroxylation sites is 2. The van der Waals surface area contributed by atoms with Crippen molar-refractivity contribution >= 4 is 81.6 Å². The summed E-state index contributed by atoms with van der Waals surface area (Å²) in [6, 6.07) is 55.1. The van der Waals surface area contributed by atoms with E-state index in [-0.39, 0.29) is 0 Å². The molecule has 0 amide bonds. The van der Waals surface area contributed by atoms with Gasteiger partial charge in [-0.05, 0) is 77.9 Å². The highest BCUT2D eigenvalue weighted by molar-refractivity contribution is 7.26. The van der Waals surface area contributed by atoms with Crippen molar-refractivity contribution in [2.24, 2.45) is 0 Å². The van der Waals surface area contributed by atoms with E-state index in [1.54, 1.807) is 0 Å². The lowest BCUT2D eigenvalue weighted by Gasteiger charge is -2.27. The van der Waals surface area contributed by atoms with Gasteiger partial charge in [0, 0.05) is 53.9 Å². The fourth-order valence-electron chi connectivity index (χ4n) is 6.94. The van der Waals surface area contributed by atoms with Gasteiger partial charge in [-0.2, -0.15) is 0 Å². The lowest BCUT2D eigenvalue weighted by atomic mass is 10.0. The molecule has 0 unspecified atom stereocenters. The summed E-state index contributed by atoms with van der Waals surface area (Å²) in [4.78, 5) is 7.17. The maximum Gasteiger partial charge on any atom is 0.228 e. The van der Waals surface area contributed by atoms with Crippen molar-refractivity contribution in [1.82, 2.24) is 4.98 Å². The Bertz CT molecular complexity index is 2780. The Morgan fingerprint density at radius 3 is 2.17 bits per heavy atom. The predicted molar refractivity (Wildman–Crippen MR) is 200 cm³/mol. The molecule has 0 atom stereocenters. The van der Waals surface area contributed by atoms with Gasteiger partial charge in [0.2, 0.25) is 5.89 Å². The standard InChI is InChI=1S/C43H26N2O2S/c1-2-11-27(12-3-1)28-13-8-14-29(25-28)45(35-18-10-22-40-42(35)32-15-4-7-21-39(32)48-40)30-23-24-31-38(26-30)46-37-20-9-16-33(41(31)37)43-44-34-17-5-6-19-36(34)47-43/h1-26H. The largest absolute Gasteiger partial charge is 0.456 e. The average molecular weight is 635 g/mol. The zero-order chi connectivity index (χ0) is 31.6. The number of hydrogen-bond acceptors (Lipinski definition) is 5. The van der Waals surface area contributed by atoms with Crippen LogP contribution in [0.4, 0.5) is 17.1 Å². The Balaban J connectivity index is 1.20. The van der Waals surface area contributed by atoms with Crippen molar-refractivity contribution in [2.75, 3.05) is 4.90 Å². The van der Waals surface area contributed by atoms with E-state index in [0.717, 1.165) is 61.2 Å². The summed E-state index contributed by atoms with van der Waals surface area (Å²) in [7, 11) is 0. The molecule has 0 saturated heterocycles. The maximum absolute atomic E-state index is 6.59. The third-order valence-electron chi connectivity index (χ3n) is 9.10. The van der Waals surface area contributed by atoms with Gasteiger partial charge in [0.25, 0.3) is 0 Å². The van der Waals surface area contributed by atoms with Crippen LogP contribution in [0.2, 0.25) is 0 Å². The smallest absolute Gasteiger partial charge is 0.228 e. The van der Waals surface area contributed by atoms with Crippen molar-refractivity contribution in [2.45, 2.75) is 0 Å². The van der Waals surface area contributed by atoms with Gasteiger partial charge in [-0.15, -0.1) is 11.3 Å². The average Bonchev–Trinajstić information content (AvgIpc) is 3.85. The normalized spacial score (nSPS) is 11.8.